The number of aromatic hydroxyl groups is 3. The van der Waals surface area contributed by atoms with Crippen LogP contribution in [0, 0.1) is 0 Å². The Bertz CT molecular complexity index is 2090. The van der Waals surface area contributed by atoms with E-state index in [9.17, 15) is 29.7 Å². The fourth-order valence-corrected chi connectivity index (χ4v) is 5.49. The largest absolute Gasteiger partial charge is 0.504 e. The van der Waals surface area contributed by atoms with Gasteiger partial charge in [0.15, 0.2) is 34.5 Å². The average Bonchev–Trinajstić information content (AvgIpc) is 3.11. The Morgan fingerprint density at radius 1 is 0.354 bits per heavy atom. The van der Waals surface area contributed by atoms with E-state index < -0.39 is 17.9 Å². The number of phenols is 3. The molecule has 0 spiro atoms. The van der Waals surface area contributed by atoms with Crippen molar-refractivity contribution in [1.29, 1.82) is 0 Å². The molecule has 7 aromatic rings. The summed E-state index contributed by atoms with van der Waals surface area (Å²) in [5, 5.41) is 35.6. The second-order valence-electron chi connectivity index (χ2n) is 10.9. The lowest BCUT2D eigenvalue weighted by atomic mass is 9.93. The zero-order valence-electron chi connectivity index (χ0n) is 24.9. The van der Waals surface area contributed by atoms with E-state index in [1.807, 2.05) is 0 Å². The van der Waals surface area contributed by atoms with Gasteiger partial charge in [0.1, 0.15) is 0 Å². The maximum atomic E-state index is 12.9. The van der Waals surface area contributed by atoms with Crippen molar-refractivity contribution in [2.24, 2.45) is 0 Å². The number of benzene rings is 7. The fraction of sp³-hybridized carbons (Fsp3) is 0. The average molecular weight is 637 g/mol. The van der Waals surface area contributed by atoms with Gasteiger partial charge in [-0.1, -0.05) is 54.6 Å². The molecule has 0 bridgehead atoms. The molecular weight excluding hydrogens is 612 g/mol. The summed E-state index contributed by atoms with van der Waals surface area (Å²) in [5.74, 6) is -3.63. The fourth-order valence-electron chi connectivity index (χ4n) is 5.49. The van der Waals surface area contributed by atoms with Crippen LogP contribution in [0.5, 0.6) is 34.5 Å². The van der Waals surface area contributed by atoms with Gasteiger partial charge in [-0.25, -0.2) is 14.4 Å². The van der Waals surface area contributed by atoms with Crippen LogP contribution < -0.4 is 14.2 Å². The van der Waals surface area contributed by atoms with Crippen LogP contribution in [-0.2, 0) is 0 Å². The molecule has 234 valence electrons. The van der Waals surface area contributed by atoms with Crippen molar-refractivity contribution in [3.63, 3.8) is 0 Å². The number of esters is 3. The summed E-state index contributed by atoms with van der Waals surface area (Å²) in [5.41, 5.74) is 0.801. The molecule has 0 atom stereocenters. The highest BCUT2D eigenvalue weighted by atomic mass is 16.5. The lowest BCUT2D eigenvalue weighted by Crippen LogP contribution is -2.09. The monoisotopic (exact) mass is 636 g/mol. The van der Waals surface area contributed by atoms with E-state index in [2.05, 4.69) is 0 Å². The molecule has 0 saturated heterocycles. The van der Waals surface area contributed by atoms with E-state index >= 15 is 0 Å². The summed E-state index contributed by atoms with van der Waals surface area (Å²) in [7, 11) is 0. The predicted octanol–water partition coefficient (Wildman–Crippen LogP) is 7.92. The third-order valence-corrected chi connectivity index (χ3v) is 7.80. The minimum atomic E-state index is -0.701. The summed E-state index contributed by atoms with van der Waals surface area (Å²) in [4.78, 5) is 38.7. The molecule has 7 aromatic carbocycles. The van der Waals surface area contributed by atoms with Crippen LogP contribution in [0.2, 0.25) is 0 Å². The molecule has 0 aliphatic heterocycles. The Morgan fingerprint density at radius 2 is 0.583 bits per heavy atom. The lowest BCUT2D eigenvalue weighted by Gasteiger charge is -2.16. The molecule has 0 radical (unpaired) electrons. The first-order valence-electron chi connectivity index (χ1n) is 14.7. The van der Waals surface area contributed by atoms with Crippen molar-refractivity contribution in [2.45, 2.75) is 0 Å². The standard InChI is InChI=1S/C39H24O9/c40-31-16-25-28(19-34(31)46-37(43)22-10-4-1-5-11-22)26-17-32(41)36(48-39(45)24-14-8-3-9-15-24)21-30(26)27-18-33(42)35(20-29(25)27)47-38(44)23-12-6-2-7-13-23/h1-21,40-42H. The quantitative estimate of drug-likeness (QED) is 0.0943. The highest BCUT2D eigenvalue weighted by Gasteiger charge is 2.21. The van der Waals surface area contributed by atoms with Crippen LogP contribution in [0.15, 0.2) is 127 Å². The zero-order chi connectivity index (χ0) is 33.4. The second kappa shape index (κ2) is 12.1. The number of hydrogen-bond donors (Lipinski definition) is 3. The van der Waals surface area contributed by atoms with Gasteiger partial charge in [-0.3, -0.25) is 0 Å². The Balaban J connectivity index is 1.42. The van der Waals surface area contributed by atoms with E-state index in [-0.39, 0.29) is 51.2 Å². The molecule has 0 unspecified atom stereocenters. The third-order valence-electron chi connectivity index (χ3n) is 7.80. The van der Waals surface area contributed by atoms with Crippen LogP contribution in [0.4, 0.5) is 0 Å². The van der Waals surface area contributed by atoms with Gasteiger partial charge < -0.3 is 29.5 Å². The molecular formula is C39H24O9. The van der Waals surface area contributed by atoms with Crippen molar-refractivity contribution < 1.29 is 43.9 Å². The lowest BCUT2D eigenvalue weighted by molar-refractivity contribution is 0.0721. The van der Waals surface area contributed by atoms with E-state index in [0.29, 0.717) is 32.3 Å². The Labute approximate surface area is 272 Å². The van der Waals surface area contributed by atoms with Crippen molar-refractivity contribution in [1.82, 2.24) is 0 Å². The van der Waals surface area contributed by atoms with Gasteiger partial charge in [0.05, 0.1) is 16.7 Å². The number of carbonyl (C=O) groups is 3. The van der Waals surface area contributed by atoms with E-state index in [0.717, 1.165) is 0 Å². The van der Waals surface area contributed by atoms with Gasteiger partial charge >= 0.3 is 17.9 Å². The molecule has 9 heteroatoms. The molecule has 0 amide bonds. The number of fused-ring (bicyclic) bond motifs is 6. The normalized spacial score (nSPS) is 11.0. The molecule has 3 N–H and O–H groups in total. The van der Waals surface area contributed by atoms with Crippen LogP contribution >= 0.6 is 0 Å². The molecule has 0 heterocycles. The molecule has 48 heavy (non-hydrogen) atoms. The number of rotatable bonds is 6. The number of hydrogen-bond acceptors (Lipinski definition) is 9. The maximum Gasteiger partial charge on any atom is 0.343 e. The number of carbonyl (C=O) groups excluding carboxylic acids is 3. The molecule has 0 aliphatic carbocycles. The van der Waals surface area contributed by atoms with Gasteiger partial charge in [0.2, 0.25) is 0 Å². The predicted molar refractivity (Wildman–Crippen MR) is 178 cm³/mol. The van der Waals surface area contributed by atoms with Gasteiger partial charge in [0, 0.05) is 0 Å². The SMILES string of the molecule is O=C(Oc1cc2c(cc1O)c1cc(OC(=O)c3ccccc3)c(O)cc1c1cc(OC(=O)c3ccccc3)c(O)cc21)c1ccccc1. The van der Waals surface area contributed by atoms with Crippen LogP contribution in [0.25, 0.3) is 32.3 Å². The van der Waals surface area contributed by atoms with E-state index in [1.165, 1.54) is 36.4 Å². The molecule has 0 fully saturated rings. The number of phenolic OH excluding ortho intramolecular Hbond substituents is 3. The van der Waals surface area contributed by atoms with Gasteiger partial charge in [-0.2, -0.15) is 0 Å². The van der Waals surface area contributed by atoms with Gasteiger partial charge in [0.25, 0.3) is 0 Å². The molecule has 0 saturated carbocycles. The zero-order valence-corrected chi connectivity index (χ0v) is 24.9. The van der Waals surface area contributed by atoms with E-state index in [4.69, 9.17) is 14.2 Å². The van der Waals surface area contributed by atoms with Gasteiger partial charge in [-0.15, -0.1) is 0 Å². The Morgan fingerprint density at radius 3 is 0.833 bits per heavy atom. The van der Waals surface area contributed by atoms with Crippen molar-refractivity contribution in [3.8, 4) is 34.5 Å². The van der Waals surface area contributed by atoms with Crippen LogP contribution in [0.3, 0.4) is 0 Å². The summed E-state index contributed by atoms with van der Waals surface area (Å²) >= 11 is 0. The summed E-state index contributed by atoms with van der Waals surface area (Å²) in [6.07, 6.45) is 0. The minimum Gasteiger partial charge on any atom is -0.504 e. The summed E-state index contributed by atoms with van der Waals surface area (Å²) < 4.78 is 16.7. The number of ether oxygens (including phenoxy) is 3. The van der Waals surface area contributed by atoms with Crippen molar-refractivity contribution >= 4 is 50.2 Å². The first-order chi connectivity index (χ1) is 23.3. The third kappa shape index (κ3) is 5.56. The maximum absolute atomic E-state index is 12.9. The highest BCUT2D eigenvalue weighted by molar-refractivity contribution is 6.27. The smallest absolute Gasteiger partial charge is 0.343 e. The molecule has 0 aliphatic rings. The molecule has 0 aromatic heterocycles. The van der Waals surface area contributed by atoms with Crippen LogP contribution in [0.1, 0.15) is 31.1 Å². The van der Waals surface area contributed by atoms with E-state index in [1.54, 1.807) is 91.0 Å². The van der Waals surface area contributed by atoms with Gasteiger partial charge in [-0.05, 0) is 105 Å². The second-order valence-corrected chi connectivity index (χ2v) is 10.9. The highest BCUT2D eigenvalue weighted by Crippen LogP contribution is 2.46. The Hall–Kier alpha value is -6.87. The topological polar surface area (TPSA) is 140 Å². The van der Waals surface area contributed by atoms with Crippen molar-refractivity contribution in [2.75, 3.05) is 0 Å². The minimum absolute atomic E-state index is 0.148. The Kier molecular flexibility index (Phi) is 7.54. The van der Waals surface area contributed by atoms with Crippen LogP contribution in [-0.4, -0.2) is 33.2 Å². The first-order valence-corrected chi connectivity index (χ1v) is 14.7. The first kappa shape index (κ1) is 29.8. The van der Waals surface area contributed by atoms with Crippen molar-refractivity contribution in [3.05, 3.63) is 144 Å². The molecule has 7 rings (SSSR count). The summed E-state index contributed by atoms with van der Waals surface area (Å²) in [6, 6.07) is 33.3. The molecule has 9 nitrogen and oxygen atoms in total. The summed E-state index contributed by atoms with van der Waals surface area (Å²) in [6.45, 7) is 0.